The summed E-state index contributed by atoms with van der Waals surface area (Å²) in [6.45, 7) is 2.56. The Balaban J connectivity index is 1.33. The number of aliphatic hydroxyl groups is 1. The van der Waals surface area contributed by atoms with Gasteiger partial charge in [0.2, 0.25) is 5.95 Å². The van der Waals surface area contributed by atoms with Gasteiger partial charge in [0, 0.05) is 49.7 Å². The molecular weight excluding hydrogens is 304 g/mol. The van der Waals surface area contributed by atoms with Crippen molar-refractivity contribution in [3.63, 3.8) is 0 Å². The van der Waals surface area contributed by atoms with Crippen LogP contribution < -0.4 is 5.32 Å². The molecule has 6 heteroatoms. The highest BCUT2D eigenvalue weighted by Gasteiger charge is 2.37. The van der Waals surface area contributed by atoms with E-state index in [9.17, 15) is 5.11 Å². The average molecular weight is 332 g/mol. The summed E-state index contributed by atoms with van der Waals surface area (Å²) >= 11 is 0. The minimum absolute atomic E-state index is 0.114. The zero-order valence-electron chi connectivity index (χ0n) is 14.2. The number of fused-ring (bicyclic) bond motifs is 2. The molecule has 3 saturated heterocycles. The van der Waals surface area contributed by atoms with Gasteiger partial charge >= 0.3 is 0 Å². The van der Waals surface area contributed by atoms with E-state index in [0.29, 0.717) is 24.1 Å². The monoisotopic (exact) mass is 332 g/mol. The maximum Gasteiger partial charge on any atom is 0.222 e. The first-order chi connectivity index (χ1) is 11.8. The predicted molar refractivity (Wildman–Crippen MR) is 91.7 cm³/mol. The molecule has 4 heterocycles. The van der Waals surface area contributed by atoms with Crippen LogP contribution in [0, 0.1) is 0 Å². The SMILES string of the molecule is OC1C[C@H]2CCC[C@@H](C1)N2Cc1cnc(NCC2CCCO2)nc1. The number of aliphatic hydroxyl groups excluding tert-OH is 1. The van der Waals surface area contributed by atoms with Crippen LogP contribution in [0.15, 0.2) is 12.4 Å². The summed E-state index contributed by atoms with van der Waals surface area (Å²) in [4.78, 5) is 11.5. The fraction of sp³-hybridized carbons (Fsp3) is 0.778. The van der Waals surface area contributed by atoms with Crippen LogP contribution >= 0.6 is 0 Å². The summed E-state index contributed by atoms with van der Waals surface area (Å²) in [5, 5.41) is 13.3. The molecule has 3 aliphatic rings. The lowest BCUT2D eigenvalue weighted by atomic mass is 9.83. The van der Waals surface area contributed by atoms with Crippen LogP contribution in [0.3, 0.4) is 0 Å². The molecule has 24 heavy (non-hydrogen) atoms. The molecule has 1 aromatic heterocycles. The zero-order chi connectivity index (χ0) is 16.4. The van der Waals surface area contributed by atoms with Crippen LogP contribution in [-0.4, -0.2) is 57.4 Å². The van der Waals surface area contributed by atoms with Crippen LogP contribution in [0.5, 0.6) is 0 Å². The van der Waals surface area contributed by atoms with E-state index in [1.54, 1.807) is 0 Å². The molecule has 4 rings (SSSR count). The number of hydrogen-bond donors (Lipinski definition) is 2. The summed E-state index contributed by atoms with van der Waals surface area (Å²) in [7, 11) is 0. The third-order valence-electron chi connectivity index (χ3n) is 5.68. The molecule has 0 aromatic carbocycles. The van der Waals surface area contributed by atoms with E-state index in [0.717, 1.165) is 50.9 Å². The summed E-state index contributed by atoms with van der Waals surface area (Å²) < 4.78 is 5.60. The molecule has 3 fully saturated rings. The number of anilines is 1. The molecule has 1 aromatic rings. The zero-order valence-corrected chi connectivity index (χ0v) is 14.2. The first-order valence-electron chi connectivity index (χ1n) is 9.38. The first kappa shape index (κ1) is 16.2. The molecule has 132 valence electrons. The molecule has 0 amide bonds. The molecule has 0 saturated carbocycles. The summed E-state index contributed by atoms with van der Waals surface area (Å²) in [6.07, 6.45) is 11.9. The van der Waals surface area contributed by atoms with Crippen molar-refractivity contribution >= 4 is 5.95 Å². The van der Waals surface area contributed by atoms with Crippen molar-refractivity contribution < 1.29 is 9.84 Å². The number of hydrogen-bond acceptors (Lipinski definition) is 6. The Kier molecular flexibility index (Phi) is 4.96. The average Bonchev–Trinajstić information content (AvgIpc) is 3.08. The van der Waals surface area contributed by atoms with Crippen LogP contribution in [0.1, 0.15) is 50.5 Å². The van der Waals surface area contributed by atoms with Gasteiger partial charge in [-0.1, -0.05) is 6.42 Å². The van der Waals surface area contributed by atoms with Crippen molar-refractivity contribution in [3.05, 3.63) is 18.0 Å². The van der Waals surface area contributed by atoms with Crippen molar-refractivity contribution in [2.45, 2.75) is 75.8 Å². The van der Waals surface area contributed by atoms with Crippen LogP contribution in [0.25, 0.3) is 0 Å². The number of ether oxygens (including phenoxy) is 1. The van der Waals surface area contributed by atoms with Crippen molar-refractivity contribution in [2.75, 3.05) is 18.5 Å². The molecule has 2 bridgehead atoms. The molecule has 4 atom stereocenters. The lowest BCUT2D eigenvalue weighted by Gasteiger charge is -2.47. The maximum atomic E-state index is 10.0. The van der Waals surface area contributed by atoms with Gasteiger partial charge in [-0.2, -0.15) is 0 Å². The van der Waals surface area contributed by atoms with E-state index in [1.807, 2.05) is 12.4 Å². The van der Waals surface area contributed by atoms with Gasteiger partial charge in [-0.05, 0) is 38.5 Å². The van der Waals surface area contributed by atoms with E-state index in [1.165, 1.54) is 19.3 Å². The number of piperidine rings is 2. The normalized spacial score (nSPS) is 33.5. The van der Waals surface area contributed by atoms with Gasteiger partial charge < -0.3 is 15.2 Å². The van der Waals surface area contributed by atoms with Gasteiger partial charge in [-0.15, -0.1) is 0 Å². The Morgan fingerprint density at radius 1 is 1.12 bits per heavy atom. The summed E-state index contributed by atoms with van der Waals surface area (Å²) in [5.74, 6) is 0.684. The van der Waals surface area contributed by atoms with Crippen LogP contribution in [0.2, 0.25) is 0 Å². The van der Waals surface area contributed by atoms with Gasteiger partial charge in [-0.25, -0.2) is 9.97 Å². The highest BCUT2D eigenvalue weighted by molar-refractivity contribution is 5.25. The number of nitrogens with one attached hydrogen (secondary N) is 1. The second kappa shape index (κ2) is 7.33. The van der Waals surface area contributed by atoms with Gasteiger partial charge in [0.05, 0.1) is 12.2 Å². The molecule has 6 nitrogen and oxygen atoms in total. The predicted octanol–water partition coefficient (Wildman–Crippen LogP) is 1.95. The van der Waals surface area contributed by atoms with Gasteiger partial charge in [0.15, 0.2) is 0 Å². The summed E-state index contributed by atoms with van der Waals surface area (Å²) in [5.41, 5.74) is 1.16. The Morgan fingerprint density at radius 3 is 2.54 bits per heavy atom. The third kappa shape index (κ3) is 3.71. The first-order valence-corrected chi connectivity index (χ1v) is 9.38. The molecule has 0 aliphatic carbocycles. The lowest BCUT2D eigenvalue weighted by molar-refractivity contribution is -0.0313. The Bertz CT molecular complexity index is 518. The maximum absolute atomic E-state index is 10.0. The van der Waals surface area contributed by atoms with Gasteiger partial charge in [0.1, 0.15) is 0 Å². The molecule has 3 aliphatic heterocycles. The number of nitrogens with zero attached hydrogens (tertiary/aromatic N) is 3. The van der Waals surface area contributed by atoms with Crippen molar-refractivity contribution in [3.8, 4) is 0 Å². The Morgan fingerprint density at radius 2 is 1.88 bits per heavy atom. The highest BCUT2D eigenvalue weighted by Crippen LogP contribution is 2.35. The smallest absolute Gasteiger partial charge is 0.222 e. The Hall–Kier alpha value is -1.24. The topological polar surface area (TPSA) is 70.5 Å². The van der Waals surface area contributed by atoms with E-state index in [-0.39, 0.29) is 6.10 Å². The summed E-state index contributed by atoms with van der Waals surface area (Å²) in [6, 6.07) is 1.04. The largest absolute Gasteiger partial charge is 0.393 e. The van der Waals surface area contributed by atoms with E-state index in [2.05, 4.69) is 20.2 Å². The van der Waals surface area contributed by atoms with Crippen molar-refractivity contribution in [1.82, 2.24) is 14.9 Å². The highest BCUT2D eigenvalue weighted by atomic mass is 16.5. The third-order valence-corrected chi connectivity index (χ3v) is 5.68. The van der Waals surface area contributed by atoms with Crippen molar-refractivity contribution in [1.29, 1.82) is 0 Å². The van der Waals surface area contributed by atoms with E-state index in [4.69, 9.17) is 4.74 Å². The standard InChI is InChI=1S/C18H28N4O2/c23-16-7-14-3-1-4-15(8-16)22(14)12-13-9-19-18(20-10-13)21-11-17-5-2-6-24-17/h9-10,14-17,23H,1-8,11-12H2,(H,19,20,21)/t14-,15+,16?,17?. The fourth-order valence-corrected chi connectivity index (χ4v) is 4.46. The van der Waals surface area contributed by atoms with Gasteiger partial charge in [-0.3, -0.25) is 4.90 Å². The number of aromatic nitrogens is 2. The lowest BCUT2D eigenvalue weighted by Crippen LogP contribution is -2.52. The van der Waals surface area contributed by atoms with Crippen LogP contribution in [0.4, 0.5) is 5.95 Å². The van der Waals surface area contributed by atoms with E-state index >= 15 is 0 Å². The molecule has 0 spiro atoms. The minimum atomic E-state index is -0.114. The van der Waals surface area contributed by atoms with Gasteiger partial charge in [0.25, 0.3) is 0 Å². The van der Waals surface area contributed by atoms with Crippen LogP contribution in [-0.2, 0) is 11.3 Å². The molecule has 2 N–H and O–H groups in total. The second-order valence-electron chi connectivity index (χ2n) is 7.47. The van der Waals surface area contributed by atoms with E-state index < -0.39 is 0 Å². The fourth-order valence-electron chi connectivity index (χ4n) is 4.46. The molecular formula is C18H28N4O2. The van der Waals surface area contributed by atoms with Crippen molar-refractivity contribution in [2.24, 2.45) is 0 Å². The minimum Gasteiger partial charge on any atom is -0.393 e. The Labute approximate surface area is 143 Å². The molecule has 0 radical (unpaired) electrons. The second-order valence-corrected chi connectivity index (χ2v) is 7.47. The quantitative estimate of drug-likeness (QED) is 0.859. The number of rotatable bonds is 5. The molecule has 2 unspecified atom stereocenters.